The van der Waals surface area contributed by atoms with Crippen LogP contribution in [0.25, 0.3) is 11.4 Å². The Balaban J connectivity index is 1.66. The molecule has 1 aromatic heterocycles. The number of para-hydroxylation sites is 2. The van der Waals surface area contributed by atoms with E-state index < -0.39 is 0 Å². The highest BCUT2D eigenvalue weighted by atomic mass is 32.2. The summed E-state index contributed by atoms with van der Waals surface area (Å²) < 4.78 is 7.14. The largest absolute Gasteiger partial charge is 0.495 e. The van der Waals surface area contributed by atoms with Crippen molar-refractivity contribution < 1.29 is 9.53 Å². The maximum absolute atomic E-state index is 12.2. The van der Waals surface area contributed by atoms with Gasteiger partial charge in [0.15, 0.2) is 11.0 Å². The lowest BCUT2D eigenvalue weighted by molar-refractivity contribution is -0.113. The van der Waals surface area contributed by atoms with Crippen molar-refractivity contribution >= 4 is 23.4 Å². The highest BCUT2D eigenvalue weighted by molar-refractivity contribution is 7.99. The number of carbonyl (C=O) groups excluding carboxylic acids is 1. The van der Waals surface area contributed by atoms with Crippen LogP contribution in [0.1, 0.15) is 5.56 Å². The summed E-state index contributed by atoms with van der Waals surface area (Å²) in [6.45, 7) is 2.04. The molecule has 0 aliphatic rings. The van der Waals surface area contributed by atoms with Crippen LogP contribution in [0.4, 0.5) is 5.69 Å². The lowest BCUT2D eigenvalue weighted by atomic mass is 10.1. The summed E-state index contributed by atoms with van der Waals surface area (Å²) in [6, 6.07) is 15.4. The number of anilines is 1. The monoisotopic (exact) mass is 368 g/mol. The van der Waals surface area contributed by atoms with Crippen molar-refractivity contribution in [2.45, 2.75) is 12.1 Å². The van der Waals surface area contributed by atoms with Crippen LogP contribution in [-0.4, -0.2) is 33.5 Å². The molecule has 0 saturated heterocycles. The molecule has 1 amide bonds. The zero-order valence-corrected chi connectivity index (χ0v) is 15.7. The molecule has 3 rings (SSSR count). The second-order valence-corrected chi connectivity index (χ2v) is 6.71. The third-order valence-corrected chi connectivity index (χ3v) is 4.84. The fraction of sp³-hybridized carbons (Fsp3) is 0.211. The van der Waals surface area contributed by atoms with Crippen LogP contribution < -0.4 is 10.1 Å². The number of aromatic nitrogens is 3. The van der Waals surface area contributed by atoms with Crippen LogP contribution in [0.2, 0.25) is 0 Å². The summed E-state index contributed by atoms with van der Waals surface area (Å²) >= 11 is 1.34. The Morgan fingerprint density at radius 2 is 2.00 bits per heavy atom. The number of amides is 1. The first-order chi connectivity index (χ1) is 12.6. The molecule has 0 atom stereocenters. The molecule has 0 aliphatic heterocycles. The molecule has 0 radical (unpaired) electrons. The third kappa shape index (κ3) is 4.05. The molecule has 1 heterocycles. The number of rotatable bonds is 6. The summed E-state index contributed by atoms with van der Waals surface area (Å²) in [4.78, 5) is 12.2. The van der Waals surface area contributed by atoms with Gasteiger partial charge >= 0.3 is 0 Å². The molecule has 3 aromatic rings. The summed E-state index contributed by atoms with van der Waals surface area (Å²) in [5.41, 5.74) is 2.82. The van der Waals surface area contributed by atoms with Crippen LogP contribution >= 0.6 is 11.8 Å². The van der Waals surface area contributed by atoms with Crippen molar-refractivity contribution in [2.75, 3.05) is 18.2 Å². The van der Waals surface area contributed by atoms with Crippen molar-refractivity contribution in [1.82, 2.24) is 14.8 Å². The standard InChI is InChI=1S/C19H20N4O2S/c1-13-7-6-8-14(11-13)18-21-22-19(23(18)2)26-12-17(24)20-15-9-4-5-10-16(15)25-3/h4-11H,12H2,1-3H3,(H,20,24). The van der Waals surface area contributed by atoms with Crippen LogP contribution in [0.3, 0.4) is 0 Å². The summed E-state index contributed by atoms with van der Waals surface area (Å²) in [5, 5.41) is 12.0. The van der Waals surface area contributed by atoms with Gasteiger partial charge in [-0.25, -0.2) is 0 Å². The number of benzene rings is 2. The number of nitrogens with one attached hydrogen (secondary N) is 1. The number of hydrogen-bond acceptors (Lipinski definition) is 5. The number of ether oxygens (including phenoxy) is 1. The lowest BCUT2D eigenvalue weighted by Gasteiger charge is -2.09. The molecule has 134 valence electrons. The predicted molar refractivity (Wildman–Crippen MR) is 104 cm³/mol. The maximum atomic E-state index is 12.2. The number of aryl methyl sites for hydroxylation is 1. The summed E-state index contributed by atoms with van der Waals surface area (Å²) in [6.07, 6.45) is 0. The predicted octanol–water partition coefficient (Wildman–Crippen LogP) is 3.53. The fourth-order valence-corrected chi connectivity index (χ4v) is 3.25. The molecule has 1 N–H and O–H groups in total. The molecule has 26 heavy (non-hydrogen) atoms. The Morgan fingerprint density at radius 3 is 2.77 bits per heavy atom. The van der Waals surface area contributed by atoms with E-state index in [1.165, 1.54) is 11.8 Å². The minimum absolute atomic E-state index is 0.125. The van der Waals surface area contributed by atoms with E-state index in [9.17, 15) is 4.79 Å². The van der Waals surface area contributed by atoms with E-state index in [0.717, 1.165) is 17.0 Å². The first-order valence-corrected chi connectivity index (χ1v) is 9.09. The fourth-order valence-electron chi connectivity index (χ4n) is 2.54. The van der Waals surface area contributed by atoms with Gasteiger partial charge in [0, 0.05) is 12.6 Å². The Hall–Kier alpha value is -2.80. The van der Waals surface area contributed by atoms with E-state index in [4.69, 9.17) is 4.74 Å². The summed E-state index contributed by atoms with van der Waals surface area (Å²) in [5.74, 6) is 1.52. The average Bonchev–Trinajstić information content (AvgIpc) is 3.01. The molecule has 0 saturated carbocycles. The molecule has 0 bridgehead atoms. The molecule has 6 nitrogen and oxygen atoms in total. The second kappa shape index (κ2) is 8.05. The highest BCUT2D eigenvalue weighted by Crippen LogP contribution is 2.25. The number of hydrogen-bond donors (Lipinski definition) is 1. The second-order valence-electron chi connectivity index (χ2n) is 5.77. The third-order valence-electron chi connectivity index (χ3n) is 3.82. The minimum Gasteiger partial charge on any atom is -0.495 e. The molecule has 7 heteroatoms. The van der Waals surface area contributed by atoms with Crippen molar-refractivity contribution in [1.29, 1.82) is 0 Å². The molecule has 2 aromatic carbocycles. The molecular weight excluding hydrogens is 348 g/mol. The van der Waals surface area contributed by atoms with Gasteiger partial charge in [-0.2, -0.15) is 0 Å². The van der Waals surface area contributed by atoms with E-state index in [0.29, 0.717) is 16.6 Å². The number of carbonyl (C=O) groups is 1. The van der Waals surface area contributed by atoms with Gasteiger partial charge in [-0.3, -0.25) is 4.79 Å². The van der Waals surface area contributed by atoms with E-state index >= 15 is 0 Å². The van der Waals surface area contributed by atoms with Crippen molar-refractivity contribution in [2.24, 2.45) is 7.05 Å². The first kappa shape index (κ1) is 18.0. The van der Waals surface area contributed by atoms with Gasteiger partial charge in [-0.1, -0.05) is 47.7 Å². The topological polar surface area (TPSA) is 69.0 Å². The Kier molecular flexibility index (Phi) is 5.58. The molecule has 0 spiro atoms. The highest BCUT2D eigenvalue weighted by Gasteiger charge is 2.14. The van der Waals surface area contributed by atoms with E-state index in [1.54, 1.807) is 19.2 Å². The number of nitrogens with zero attached hydrogens (tertiary/aromatic N) is 3. The van der Waals surface area contributed by atoms with Crippen LogP contribution in [0, 0.1) is 6.92 Å². The van der Waals surface area contributed by atoms with Crippen LogP contribution in [0.15, 0.2) is 53.7 Å². The van der Waals surface area contributed by atoms with Crippen molar-refractivity contribution in [3.63, 3.8) is 0 Å². The molecular formula is C19H20N4O2S. The van der Waals surface area contributed by atoms with Gasteiger partial charge in [0.05, 0.1) is 18.6 Å². The van der Waals surface area contributed by atoms with Crippen LogP contribution in [0.5, 0.6) is 5.75 Å². The molecule has 0 unspecified atom stereocenters. The van der Waals surface area contributed by atoms with Crippen molar-refractivity contribution in [3.8, 4) is 17.1 Å². The van der Waals surface area contributed by atoms with E-state index in [2.05, 4.69) is 21.6 Å². The van der Waals surface area contributed by atoms with E-state index in [1.807, 2.05) is 48.9 Å². The quantitative estimate of drug-likeness (QED) is 0.674. The van der Waals surface area contributed by atoms with Crippen molar-refractivity contribution in [3.05, 3.63) is 54.1 Å². The Bertz CT molecular complexity index is 923. The van der Waals surface area contributed by atoms with Crippen LogP contribution in [-0.2, 0) is 11.8 Å². The zero-order valence-electron chi connectivity index (χ0n) is 14.9. The van der Waals surface area contributed by atoms with Gasteiger partial charge in [-0.15, -0.1) is 10.2 Å². The summed E-state index contributed by atoms with van der Waals surface area (Å²) in [7, 11) is 3.48. The lowest BCUT2D eigenvalue weighted by Crippen LogP contribution is -2.15. The number of methoxy groups -OCH3 is 1. The van der Waals surface area contributed by atoms with Gasteiger partial charge in [0.1, 0.15) is 5.75 Å². The van der Waals surface area contributed by atoms with Gasteiger partial charge in [-0.05, 0) is 25.1 Å². The SMILES string of the molecule is COc1ccccc1NC(=O)CSc1nnc(-c2cccc(C)c2)n1C. The average molecular weight is 368 g/mol. The molecule has 0 fully saturated rings. The van der Waals surface area contributed by atoms with Gasteiger partial charge in [0.2, 0.25) is 5.91 Å². The van der Waals surface area contributed by atoms with Gasteiger partial charge in [0.25, 0.3) is 0 Å². The zero-order chi connectivity index (χ0) is 18.5. The smallest absolute Gasteiger partial charge is 0.234 e. The Labute approximate surface area is 156 Å². The molecule has 0 aliphatic carbocycles. The first-order valence-electron chi connectivity index (χ1n) is 8.10. The maximum Gasteiger partial charge on any atom is 0.234 e. The normalized spacial score (nSPS) is 10.6. The van der Waals surface area contributed by atoms with E-state index in [-0.39, 0.29) is 11.7 Å². The number of thioether (sulfide) groups is 1. The minimum atomic E-state index is -0.125. The Morgan fingerprint density at radius 1 is 1.19 bits per heavy atom. The van der Waals surface area contributed by atoms with Gasteiger partial charge < -0.3 is 14.6 Å².